The summed E-state index contributed by atoms with van der Waals surface area (Å²) in [5.74, 6) is 0.804. The zero-order valence-corrected chi connectivity index (χ0v) is 9.90. The van der Waals surface area contributed by atoms with E-state index >= 15 is 0 Å². The van der Waals surface area contributed by atoms with Gasteiger partial charge in [0.05, 0.1) is 20.3 Å². The number of methoxy groups -OCH3 is 1. The number of anilines is 1. The van der Waals surface area contributed by atoms with Crippen molar-refractivity contribution in [3.8, 4) is 5.75 Å². The van der Waals surface area contributed by atoms with Crippen LogP contribution in [0.2, 0.25) is 0 Å². The standard InChI is InChI=1S/C12H17NO3/c1-13(2)9-4-5-10(11(8-9)14-3)12-15-6-7-16-12/h4-5,8,12H,6-7H2,1-3H3. The number of hydrogen-bond acceptors (Lipinski definition) is 4. The van der Waals surface area contributed by atoms with E-state index in [2.05, 4.69) is 0 Å². The van der Waals surface area contributed by atoms with Crippen LogP contribution in [0.3, 0.4) is 0 Å². The van der Waals surface area contributed by atoms with Crippen molar-refractivity contribution < 1.29 is 14.2 Å². The van der Waals surface area contributed by atoms with E-state index in [9.17, 15) is 0 Å². The first-order valence-electron chi connectivity index (χ1n) is 5.31. The minimum Gasteiger partial charge on any atom is -0.496 e. The molecule has 0 saturated carbocycles. The first-order chi connectivity index (χ1) is 7.72. The zero-order chi connectivity index (χ0) is 11.5. The smallest absolute Gasteiger partial charge is 0.187 e. The highest BCUT2D eigenvalue weighted by atomic mass is 16.7. The molecule has 0 amide bonds. The van der Waals surface area contributed by atoms with E-state index in [0.29, 0.717) is 13.2 Å². The Morgan fingerprint density at radius 2 is 1.94 bits per heavy atom. The maximum Gasteiger partial charge on any atom is 0.187 e. The van der Waals surface area contributed by atoms with E-state index in [1.807, 2.05) is 37.2 Å². The van der Waals surface area contributed by atoms with Crippen molar-refractivity contribution in [2.75, 3.05) is 39.3 Å². The minimum absolute atomic E-state index is 0.286. The summed E-state index contributed by atoms with van der Waals surface area (Å²) in [7, 11) is 5.65. The van der Waals surface area contributed by atoms with Crippen LogP contribution in [-0.4, -0.2) is 34.4 Å². The molecule has 0 spiro atoms. The van der Waals surface area contributed by atoms with Gasteiger partial charge in [-0.25, -0.2) is 0 Å². The number of rotatable bonds is 3. The van der Waals surface area contributed by atoms with E-state index < -0.39 is 0 Å². The summed E-state index contributed by atoms with van der Waals surface area (Å²) in [6.07, 6.45) is -0.286. The van der Waals surface area contributed by atoms with Gasteiger partial charge in [-0.05, 0) is 12.1 Å². The number of benzene rings is 1. The van der Waals surface area contributed by atoms with Gasteiger partial charge in [-0.1, -0.05) is 0 Å². The summed E-state index contributed by atoms with van der Waals surface area (Å²) in [5, 5.41) is 0. The Hall–Kier alpha value is -1.26. The molecule has 1 aromatic carbocycles. The second-order valence-corrected chi connectivity index (χ2v) is 3.89. The van der Waals surface area contributed by atoms with Crippen LogP contribution in [0.1, 0.15) is 11.9 Å². The molecule has 0 atom stereocenters. The molecule has 4 heteroatoms. The molecule has 1 aliphatic rings. The highest BCUT2D eigenvalue weighted by molar-refractivity contribution is 5.53. The van der Waals surface area contributed by atoms with Gasteiger partial charge < -0.3 is 19.1 Å². The third-order valence-corrected chi connectivity index (χ3v) is 2.61. The number of ether oxygens (including phenoxy) is 3. The molecule has 0 N–H and O–H groups in total. The van der Waals surface area contributed by atoms with Crippen molar-refractivity contribution >= 4 is 5.69 Å². The van der Waals surface area contributed by atoms with E-state index in [-0.39, 0.29) is 6.29 Å². The van der Waals surface area contributed by atoms with Gasteiger partial charge in [0.25, 0.3) is 0 Å². The third-order valence-electron chi connectivity index (χ3n) is 2.61. The summed E-state index contributed by atoms with van der Waals surface area (Å²) in [6, 6.07) is 6.01. The lowest BCUT2D eigenvalue weighted by Gasteiger charge is -2.18. The normalized spacial score (nSPS) is 16.4. The van der Waals surface area contributed by atoms with Crippen LogP contribution in [0.5, 0.6) is 5.75 Å². The van der Waals surface area contributed by atoms with Crippen LogP contribution < -0.4 is 9.64 Å². The average Bonchev–Trinajstić information content (AvgIpc) is 2.81. The quantitative estimate of drug-likeness (QED) is 0.782. The van der Waals surface area contributed by atoms with Crippen molar-refractivity contribution in [3.63, 3.8) is 0 Å². The van der Waals surface area contributed by atoms with Gasteiger partial charge in [0.15, 0.2) is 6.29 Å². The molecule has 4 nitrogen and oxygen atoms in total. The highest BCUT2D eigenvalue weighted by Gasteiger charge is 2.22. The first kappa shape index (κ1) is 11.2. The molecule has 0 bridgehead atoms. The van der Waals surface area contributed by atoms with Crippen LogP contribution in [0, 0.1) is 0 Å². The second kappa shape index (κ2) is 4.72. The fraction of sp³-hybridized carbons (Fsp3) is 0.500. The van der Waals surface area contributed by atoms with E-state index in [0.717, 1.165) is 17.0 Å². The molecule has 0 aliphatic carbocycles. The Bertz CT molecular complexity index is 359. The molecule has 16 heavy (non-hydrogen) atoms. The Kier molecular flexibility index (Phi) is 3.31. The predicted octanol–water partition coefficient (Wildman–Crippen LogP) is 1.81. The lowest BCUT2D eigenvalue weighted by atomic mass is 10.1. The van der Waals surface area contributed by atoms with Crippen molar-refractivity contribution in [2.24, 2.45) is 0 Å². The molecule has 0 aromatic heterocycles. The van der Waals surface area contributed by atoms with Crippen LogP contribution in [0.4, 0.5) is 5.69 Å². The molecule has 1 aromatic rings. The van der Waals surface area contributed by atoms with Crippen molar-refractivity contribution in [2.45, 2.75) is 6.29 Å². The van der Waals surface area contributed by atoms with Gasteiger partial charge >= 0.3 is 0 Å². The molecule has 1 saturated heterocycles. The molecule has 0 radical (unpaired) electrons. The molecule has 2 rings (SSSR count). The SMILES string of the molecule is COc1cc(N(C)C)ccc1C1OCCO1. The fourth-order valence-electron chi connectivity index (χ4n) is 1.71. The van der Waals surface area contributed by atoms with Gasteiger partial charge in [-0.3, -0.25) is 0 Å². The fourth-order valence-corrected chi connectivity index (χ4v) is 1.71. The van der Waals surface area contributed by atoms with Gasteiger partial charge in [-0.15, -0.1) is 0 Å². The monoisotopic (exact) mass is 223 g/mol. The van der Waals surface area contributed by atoms with E-state index in [1.54, 1.807) is 7.11 Å². The molecule has 1 fully saturated rings. The lowest BCUT2D eigenvalue weighted by Crippen LogP contribution is -2.09. The van der Waals surface area contributed by atoms with Crippen molar-refractivity contribution in [1.82, 2.24) is 0 Å². The van der Waals surface area contributed by atoms with E-state index in [4.69, 9.17) is 14.2 Å². The van der Waals surface area contributed by atoms with Gasteiger partial charge in [0, 0.05) is 31.4 Å². The van der Waals surface area contributed by atoms with Crippen molar-refractivity contribution in [1.29, 1.82) is 0 Å². The summed E-state index contributed by atoms with van der Waals surface area (Å²) in [4.78, 5) is 2.03. The van der Waals surface area contributed by atoms with E-state index in [1.165, 1.54) is 0 Å². The topological polar surface area (TPSA) is 30.9 Å². The van der Waals surface area contributed by atoms with Gasteiger partial charge in [0.1, 0.15) is 5.75 Å². The van der Waals surface area contributed by atoms with Crippen LogP contribution in [-0.2, 0) is 9.47 Å². The Labute approximate surface area is 95.7 Å². The first-order valence-corrected chi connectivity index (χ1v) is 5.31. The summed E-state index contributed by atoms with van der Waals surface area (Å²) >= 11 is 0. The Balaban J connectivity index is 2.30. The number of hydrogen-bond donors (Lipinski definition) is 0. The molecular formula is C12H17NO3. The maximum atomic E-state index is 5.47. The summed E-state index contributed by atoms with van der Waals surface area (Å²) in [6.45, 7) is 1.28. The summed E-state index contributed by atoms with van der Waals surface area (Å²) in [5.41, 5.74) is 2.05. The van der Waals surface area contributed by atoms with Gasteiger partial charge in [-0.2, -0.15) is 0 Å². The van der Waals surface area contributed by atoms with Crippen molar-refractivity contribution in [3.05, 3.63) is 23.8 Å². The maximum absolute atomic E-state index is 5.47. The lowest BCUT2D eigenvalue weighted by molar-refractivity contribution is -0.0454. The van der Waals surface area contributed by atoms with Crippen LogP contribution in [0.25, 0.3) is 0 Å². The third kappa shape index (κ3) is 2.13. The zero-order valence-electron chi connectivity index (χ0n) is 9.90. The molecule has 1 heterocycles. The van der Waals surface area contributed by atoms with Gasteiger partial charge in [0.2, 0.25) is 0 Å². The molecule has 1 aliphatic heterocycles. The minimum atomic E-state index is -0.286. The molecule has 0 unspecified atom stereocenters. The molecular weight excluding hydrogens is 206 g/mol. The second-order valence-electron chi connectivity index (χ2n) is 3.89. The largest absolute Gasteiger partial charge is 0.496 e. The summed E-state index contributed by atoms with van der Waals surface area (Å²) < 4.78 is 16.3. The number of nitrogens with zero attached hydrogens (tertiary/aromatic N) is 1. The average molecular weight is 223 g/mol. The van der Waals surface area contributed by atoms with Crippen LogP contribution >= 0.6 is 0 Å². The molecule has 88 valence electrons. The predicted molar refractivity (Wildman–Crippen MR) is 62.0 cm³/mol. The van der Waals surface area contributed by atoms with Crippen LogP contribution in [0.15, 0.2) is 18.2 Å². The Morgan fingerprint density at radius 1 is 1.25 bits per heavy atom. The highest BCUT2D eigenvalue weighted by Crippen LogP contribution is 2.33. The Morgan fingerprint density at radius 3 is 2.50 bits per heavy atom.